The van der Waals surface area contributed by atoms with Crippen LogP contribution in [0.5, 0.6) is 5.75 Å². The summed E-state index contributed by atoms with van der Waals surface area (Å²) in [5.74, 6) is 0.537. The van der Waals surface area contributed by atoms with Crippen LogP contribution in [0.4, 0.5) is 0 Å². The normalized spacial score (nSPS) is 10.3. The number of esters is 1. The fraction of sp³-hybridized carbons (Fsp3) is 0.182. The smallest absolute Gasteiger partial charge is 0.310 e. The predicted octanol–water partition coefficient (Wildman–Crippen LogP) is 4.40. The highest BCUT2D eigenvalue weighted by Crippen LogP contribution is 2.23. The van der Waals surface area contributed by atoms with Crippen LogP contribution in [-0.2, 0) is 22.6 Å². The summed E-state index contributed by atoms with van der Waals surface area (Å²) in [5, 5.41) is 10.9. The SMILES string of the molecule is CCOC(=O)Cc1ccc2ccc(OCc3ccc(C#N)cc3)cc2c1. The van der Waals surface area contributed by atoms with E-state index in [9.17, 15) is 4.79 Å². The van der Waals surface area contributed by atoms with Crippen molar-refractivity contribution in [2.75, 3.05) is 6.61 Å². The maximum atomic E-state index is 11.7. The number of rotatable bonds is 6. The first-order valence-corrected chi connectivity index (χ1v) is 8.48. The maximum absolute atomic E-state index is 11.7. The van der Waals surface area contributed by atoms with Gasteiger partial charge in [-0.3, -0.25) is 4.79 Å². The molecule has 0 atom stereocenters. The van der Waals surface area contributed by atoms with Gasteiger partial charge in [0.25, 0.3) is 0 Å². The molecule has 4 nitrogen and oxygen atoms in total. The molecule has 0 heterocycles. The molecular formula is C22H19NO3. The van der Waals surface area contributed by atoms with Crippen LogP contribution in [0.15, 0.2) is 60.7 Å². The van der Waals surface area contributed by atoms with Crippen LogP contribution in [0.1, 0.15) is 23.6 Å². The molecule has 0 saturated heterocycles. The second-order valence-corrected chi connectivity index (χ2v) is 5.92. The minimum atomic E-state index is -0.222. The van der Waals surface area contributed by atoms with E-state index in [2.05, 4.69) is 6.07 Å². The van der Waals surface area contributed by atoms with Crippen molar-refractivity contribution in [3.8, 4) is 11.8 Å². The Morgan fingerprint density at radius 1 is 0.962 bits per heavy atom. The molecule has 0 saturated carbocycles. The molecule has 0 aliphatic carbocycles. The Hall–Kier alpha value is -3.32. The Labute approximate surface area is 152 Å². The first kappa shape index (κ1) is 17.5. The van der Waals surface area contributed by atoms with Crippen LogP contribution < -0.4 is 4.74 Å². The van der Waals surface area contributed by atoms with Gasteiger partial charge in [-0.1, -0.05) is 36.4 Å². The zero-order valence-corrected chi connectivity index (χ0v) is 14.6. The van der Waals surface area contributed by atoms with Gasteiger partial charge >= 0.3 is 5.97 Å². The number of nitriles is 1. The number of hydrogen-bond acceptors (Lipinski definition) is 4. The quantitative estimate of drug-likeness (QED) is 0.622. The third-order valence-corrected chi connectivity index (χ3v) is 4.02. The Balaban J connectivity index is 1.72. The molecule has 0 amide bonds. The van der Waals surface area contributed by atoms with E-state index in [-0.39, 0.29) is 12.4 Å². The number of carbonyl (C=O) groups excluding carboxylic acids is 1. The fourth-order valence-corrected chi connectivity index (χ4v) is 2.69. The molecule has 0 aliphatic rings. The van der Waals surface area contributed by atoms with Crippen molar-refractivity contribution in [1.29, 1.82) is 5.26 Å². The molecule has 0 bridgehead atoms. The lowest BCUT2D eigenvalue weighted by Gasteiger charge is -2.09. The molecule has 0 N–H and O–H groups in total. The Morgan fingerprint density at radius 2 is 1.69 bits per heavy atom. The van der Waals surface area contributed by atoms with Gasteiger partial charge in [0.1, 0.15) is 12.4 Å². The van der Waals surface area contributed by atoms with Crippen molar-refractivity contribution in [3.05, 3.63) is 77.4 Å². The van der Waals surface area contributed by atoms with Crippen molar-refractivity contribution < 1.29 is 14.3 Å². The molecule has 0 unspecified atom stereocenters. The molecule has 0 fully saturated rings. The van der Waals surface area contributed by atoms with Gasteiger partial charge in [-0.05, 0) is 53.1 Å². The maximum Gasteiger partial charge on any atom is 0.310 e. The Morgan fingerprint density at radius 3 is 2.42 bits per heavy atom. The highest BCUT2D eigenvalue weighted by molar-refractivity contribution is 5.85. The summed E-state index contributed by atoms with van der Waals surface area (Å²) < 4.78 is 10.9. The number of hydrogen-bond donors (Lipinski definition) is 0. The van der Waals surface area contributed by atoms with E-state index in [4.69, 9.17) is 14.7 Å². The van der Waals surface area contributed by atoms with Crippen LogP contribution >= 0.6 is 0 Å². The molecule has 3 aromatic carbocycles. The first-order chi connectivity index (χ1) is 12.7. The third-order valence-electron chi connectivity index (χ3n) is 4.02. The second kappa shape index (κ2) is 8.17. The summed E-state index contributed by atoms with van der Waals surface area (Å²) in [7, 11) is 0. The number of fused-ring (bicyclic) bond motifs is 1. The summed E-state index contributed by atoms with van der Waals surface area (Å²) >= 11 is 0. The highest BCUT2D eigenvalue weighted by Gasteiger charge is 2.06. The molecule has 0 spiro atoms. The summed E-state index contributed by atoms with van der Waals surface area (Å²) in [6, 6.07) is 21.2. The Bertz CT molecular complexity index is 955. The molecule has 0 aromatic heterocycles. The van der Waals surface area contributed by atoms with Crippen molar-refractivity contribution >= 4 is 16.7 Å². The van der Waals surface area contributed by atoms with Crippen LogP contribution in [0.25, 0.3) is 10.8 Å². The average molecular weight is 345 g/mol. The number of benzene rings is 3. The van der Waals surface area contributed by atoms with E-state index >= 15 is 0 Å². The lowest BCUT2D eigenvalue weighted by Crippen LogP contribution is -2.07. The van der Waals surface area contributed by atoms with E-state index in [0.717, 1.165) is 27.6 Å². The van der Waals surface area contributed by atoms with Gasteiger partial charge in [0.15, 0.2) is 0 Å². The van der Waals surface area contributed by atoms with Crippen LogP contribution in [-0.4, -0.2) is 12.6 Å². The molecule has 0 radical (unpaired) electrons. The van der Waals surface area contributed by atoms with Crippen molar-refractivity contribution in [1.82, 2.24) is 0 Å². The molecule has 130 valence electrons. The van der Waals surface area contributed by atoms with Gasteiger partial charge in [0.2, 0.25) is 0 Å². The summed E-state index contributed by atoms with van der Waals surface area (Å²) in [6.07, 6.45) is 0.264. The van der Waals surface area contributed by atoms with Gasteiger partial charge in [-0.2, -0.15) is 5.26 Å². The van der Waals surface area contributed by atoms with Crippen molar-refractivity contribution in [2.45, 2.75) is 20.0 Å². The monoisotopic (exact) mass is 345 g/mol. The van der Waals surface area contributed by atoms with Gasteiger partial charge in [0.05, 0.1) is 24.7 Å². The van der Waals surface area contributed by atoms with Gasteiger partial charge < -0.3 is 9.47 Å². The molecule has 3 aromatic rings. The first-order valence-electron chi connectivity index (χ1n) is 8.48. The van der Waals surface area contributed by atoms with Crippen molar-refractivity contribution in [3.63, 3.8) is 0 Å². The summed E-state index contributed by atoms with van der Waals surface area (Å²) in [5.41, 5.74) is 2.55. The van der Waals surface area contributed by atoms with Gasteiger partial charge in [-0.25, -0.2) is 0 Å². The number of ether oxygens (including phenoxy) is 2. The highest BCUT2D eigenvalue weighted by atomic mass is 16.5. The van der Waals surface area contributed by atoms with Gasteiger partial charge in [-0.15, -0.1) is 0 Å². The molecule has 4 heteroatoms. The van der Waals surface area contributed by atoms with Crippen LogP contribution in [0, 0.1) is 11.3 Å². The third kappa shape index (κ3) is 4.40. The number of carbonyl (C=O) groups is 1. The lowest BCUT2D eigenvalue weighted by atomic mass is 10.0. The number of nitrogens with zero attached hydrogens (tertiary/aromatic N) is 1. The summed E-state index contributed by atoms with van der Waals surface area (Å²) in [6.45, 7) is 2.62. The van der Waals surface area contributed by atoms with Crippen LogP contribution in [0.3, 0.4) is 0 Å². The van der Waals surface area contributed by atoms with E-state index < -0.39 is 0 Å². The molecule has 0 aliphatic heterocycles. The standard InChI is InChI=1S/C22H19NO3/c1-2-25-22(24)12-18-7-8-19-9-10-21(13-20(19)11-18)26-15-17-5-3-16(14-23)4-6-17/h3-11,13H,2,12,15H2,1H3. The minimum Gasteiger partial charge on any atom is -0.489 e. The predicted molar refractivity (Wildman–Crippen MR) is 99.8 cm³/mol. The van der Waals surface area contributed by atoms with Gasteiger partial charge in [0, 0.05) is 0 Å². The largest absolute Gasteiger partial charge is 0.489 e. The minimum absolute atomic E-state index is 0.222. The van der Waals surface area contributed by atoms with E-state index in [1.807, 2.05) is 48.5 Å². The van der Waals surface area contributed by atoms with E-state index in [1.165, 1.54) is 0 Å². The van der Waals surface area contributed by atoms with Crippen molar-refractivity contribution in [2.24, 2.45) is 0 Å². The molecule has 3 rings (SSSR count). The fourth-order valence-electron chi connectivity index (χ4n) is 2.69. The topological polar surface area (TPSA) is 59.3 Å². The second-order valence-electron chi connectivity index (χ2n) is 5.92. The molecule has 26 heavy (non-hydrogen) atoms. The average Bonchev–Trinajstić information content (AvgIpc) is 2.66. The van der Waals surface area contributed by atoms with E-state index in [1.54, 1.807) is 19.1 Å². The zero-order chi connectivity index (χ0) is 18.4. The van der Waals surface area contributed by atoms with E-state index in [0.29, 0.717) is 18.8 Å². The van der Waals surface area contributed by atoms with Crippen LogP contribution in [0.2, 0.25) is 0 Å². The lowest BCUT2D eigenvalue weighted by molar-refractivity contribution is -0.142. The Kier molecular flexibility index (Phi) is 5.50. The zero-order valence-electron chi connectivity index (χ0n) is 14.6. The molecular weight excluding hydrogens is 326 g/mol. The summed E-state index contributed by atoms with van der Waals surface area (Å²) in [4.78, 5) is 11.7.